The molecule has 0 bridgehead atoms. The lowest BCUT2D eigenvalue weighted by molar-refractivity contribution is 0.0308. The molecule has 0 aromatic rings. The first kappa shape index (κ1) is 11.0. The predicted octanol–water partition coefficient (Wildman–Crippen LogP) is 2.83. The highest BCUT2D eigenvalue weighted by Gasteiger charge is 2.25. The minimum atomic E-state index is -0.146. The minimum Gasteiger partial charge on any atom is -0.393 e. The molecular formula is C10H22O. The van der Waals surface area contributed by atoms with Crippen molar-refractivity contribution in [2.45, 2.75) is 53.6 Å². The van der Waals surface area contributed by atoms with E-state index in [0.717, 1.165) is 12.8 Å². The molecule has 1 atom stereocenters. The van der Waals surface area contributed by atoms with Gasteiger partial charge in [-0.25, -0.2) is 0 Å². The first-order valence-corrected chi connectivity index (χ1v) is 4.58. The van der Waals surface area contributed by atoms with E-state index in [0.29, 0.717) is 5.92 Å². The topological polar surface area (TPSA) is 20.2 Å². The van der Waals surface area contributed by atoms with Crippen LogP contribution in [0.5, 0.6) is 0 Å². The minimum absolute atomic E-state index is 0.0876. The van der Waals surface area contributed by atoms with Gasteiger partial charge in [-0.2, -0.15) is 0 Å². The summed E-state index contributed by atoms with van der Waals surface area (Å²) in [4.78, 5) is 0. The second-order valence-corrected chi connectivity index (χ2v) is 4.49. The molecular weight excluding hydrogens is 136 g/mol. The van der Waals surface area contributed by atoms with Crippen LogP contribution in [-0.2, 0) is 0 Å². The van der Waals surface area contributed by atoms with Gasteiger partial charge in [-0.05, 0) is 24.2 Å². The zero-order chi connectivity index (χ0) is 9.07. The van der Waals surface area contributed by atoms with Crippen LogP contribution in [0, 0.1) is 11.3 Å². The molecule has 0 saturated heterocycles. The normalized spacial score (nSPS) is 15.5. The molecule has 0 heterocycles. The molecule has 0 aliphatic rings. The van der Waals surface area contributed by atoms with E-state index >= 15 is 0 Å². The van der Waals surface area contributed by atoms with Gasteiger partial charge in [0.25, 0.3) is 0 Å². The third kappa shape index (κ3) is 3.76. The SMILES string of the molecule is CCC(C)(C)C(O)CC(C)C. The van der Waals surface area contributed by atoms with Crippen molar-refractivity contribution in [3.05, 3.63) is 0 Å². The summed E-state index contributed by atoms with van der Waals surface area (Å²) < 4.78 is 0. The van der Waals surface area contributed by atoms with Crippen LogP contribution < -0.4 is 0 Å². The second kappa shape index (κ2) is 4.10. The highest BCUT2D eigenvalue weighted by molar-refractivity contribution is 4.76. The Hall–Kier alpha value is -0.0400. The molecule has 0 aromatic carbocycles. The first-order chi connectivity index (χ1) is 4.90. The Morgan fingerprint density at radius 3 is 2.00 bits per heavy atom. The molecule has 0 saturated carbocycles. The maximum atomic E-state index is 9.75. The molecule has 0 rings (SSSR count). The van der Waals surface area contributed by atoms with E-state index < -0.39 is 0 Å². The molecule has 1 heteroatoms. The molecule has 0 fully saturated rings. The van der Waals surface area contributed by atoms with Crippen LogP contribution >= 0.6 is 0 Å². The Kier molecular flexibility index (Phi) is 4.09. The van der Waals surface area contributed by atoms with Crippen LogP contribution in [0.25, 0.3) is 0 Å². The second-order valence-electron chi connectivity index (χ2n) is 4.49. The standard InChI is InChI=1S/C10H22O/c1-6-10(4,5)9(11)7-8(2)3/h8-9,11H,6-7H2,1-5H3. The zero-order valence-corrected chi connectivity index (χ0v) is 8.52. The van der Waals surface area contributed by atoms with E-state index in [1.54, 1.807) is 0 Å². The van der Waals surface area contributed by atoms with E-state index in [-0.39, 0.29) is 11.5 Å². The summed E-state index contributed by atoms with van der Waals surface area (Å²) in [7, 11) is 0. The highest BCUT2D eigenvalue weighted by atomic mass is 16.3. The maximum Gasteiger partial charge on any atom is 0.0593 e. The van der Waals surface area contributed by atoms with Gasteiger partial charge in [0.05, 0.1) is 6.10 Å². The average molecular weight is 158 g/mol. The van der Waals surface area contributed by atoms with E-state index in [1.807, 2.05) is 0 Å². The fourth-order valence-corrected chi connectivity index (χ4v) is 1.00. The van der Waals surface area contributed by atoms with Crippen LogP contribution in [0.2, 0.25) is 0 Å². The molecule has 1 N–H and O–H groups in total. The molecule has 0 aliphatic carbocycles. The summed E-state index contributed by atoms with van der Waals surface area (Å²) in [6.45, 7) is 10.7. The lowest BCUT2D eigenvalue weighted by Gasteiger charge is -2.30. The molecule has 68 valence electrons. The monoisotopic (exact) mass is 158 g/mol. The van der Waals surface area contributed by atoms with Gasteiger partial charge < -0.3 is 5.11 Å². The average Bonchev–Trinajstić information content (AvgIpc) is 1.86. The quantitative estimate of drug-likeness (QED) is 0.667. The van der Waals surface area contributed by atoms with Crippen molar-refractivity contribution >= 4 is 0 Å². The van der Waals surface area contributed by atoms with Gasteiger partial charge in [0, 0.05) is 0 Å². The fourth-order valence-electron chi connectivity index (χ4n) is 1.00. The molecule has 1 nitrogen and oxygen atoms in total. The van der Waals surface area contributed by atoms with Crippen LogP contribution in [0.15, 0.2) is 0 Å². The van der Waals surface area contributed by atoms with Crippen molar-refractivity contribution in [1.82, 2.24) is 0 Å². The predicted molar refractivity (Wildman–Crippen MR) is 49.5 cm³/mol. The number of rotatable bonds is 4. The number of hydrogen-bond donors (Lipinski definition) is 1. The lowest BCUT2D eigenvalue weighted by Crippen LogP contribution is -2.29. The largest absolute Gasteiger partial charge is 0.393 e. The van der Waals surface area contributed by atoms with Crippen LogP contribution in [0.4, 0.5) is 0 Å². The summed E-state index contributed by atoms with van der Waals surface area (Å²) in [5, 5.41) is 9.75. The summed E-state index contributed by atoms with van der Waals surface area (Å²) in [5.41, 5.74) is 0.0876. The van der Waals surface area contributed by atoms with Crippen LogP contribution in [-0.4, -0.2) is 11.2 Å². The van der Waals surface area contributed by atoms with Crippen molar-refractivity contribution in [2.24, 2.45) is 11.3 Å². The molecule has 0 aromatic heterocycles. The van der Waals surface area contributed by atoms with E-state index in [1.165, 1.54) is 0 Å². The number of hydrogen-bond acceptors (Lipinski definition) is 1. The van der Waals surface area contributed by atoms with Gasteiger partial charge >= 0.3 is 0 Å². The van der Waals surface area contributed by atoms with Crippen molar-refractivity contribution in [3.63, 3.8) is 0 Å². The van der Waals surface area contributed by atoms with Gasteiger partial charge in [0.15, 0.2) is 0 Å². The van der Waals surface area contributed by atoms with E-state index in [4.69, 9.17) is 0 Å². The van der Waals surface area contributed by atoms with Crippen LogP contribution in [0.3, 0.4) is 0 Å². The molecule has 1 unspecified atom stereocenters. The highest BCUT2D eigenvalue weighted by Crippen LogP contribution is 2.28. The summed E-state index contributed by atoms with van der Waals surface area (Å²) in [5.74, 6) is 0.593. The van der Waals surface area contributed by atoms with Gasteiger partial charge in [0.2, 0.25) is 0 Å². The van der Waals surface area contributed by atoms with E-state index in [9.17, 15) is 5.11 Å². The smallest absolute Gasteiger partial charge is 0.0593 e. The maximum absolute atomic E-state index is 9.75. The third-order valence-electron chi connectivity index (χ3n) is 2.51. The molecule has 0 spiro atoms. The van der Waals surface area contributed by atoms with Crippen molar-refractivity contribution in [3.8, 4) is 0 Å². The summed E-state index contributed by atoms with van der Waals surface area (Å²) in [6, 6.07) is 0. The Bertz CT molecular complexity index is 105. The lowest BCUT2D eigenvalue weighted by atomic mass is 9.80. The fraction of sp³-hybridized carbons (Fsp3) is 1.00. The van der Waals surface area contributed by atoms with Gasteiger partial charge in [0.1, 0.15) is 0 Å². The van der Waals surface area contributed by atoms with Gasteiger partial charge in [-0.15, -0.1) is 0 Å². The van der Waals surface area contributed by atoms with Crippen molar-refractivity contribution in [1.29, 1.82) is 0 Å². The molecule has 11 heavy (non-hydrogen) atoms. The first-order valence-electron chi connectivity index (χ1n) is 4.58. The Morgan fingerprint density at radius 1 is 1.27 bits per heavy atom. The number of aliphatic hydroxyl groups is 1. The molecule has 0 radical (unpaired) electrons. The van der Waals surface area contributed by atoms with Gasteiger partial charge in [-0.3, -0.25) is 0 Å². The number of aliphatic hydroxyl groups excluding tert-OH is 1. The van der Waals surface area contributed by atoms with Gasteiger partial charge in [-0.1, -0.05) is 34.6 Å². The van der Waals surface area contributed by atoms with Crippen LogP contribution in [0.1, 0.15) is 47.5 Å². The Morgan fingerprint density at radius 2 is 1.73 bits per heavy atom. The van der Waals surface area contributed by atoms with Crippen molar-refractivity contribution in [2.75, 3.05) is 0 Å². The Labute approximate surface area is 70.8 Å². The van der Waals surface area contributed by atoms with Crippen molar-refractivity contribution < 1.29 is 5.11 Å². The third-order valence-corrected chi connectivity index (χ3v) is 2.51. The summed E-state index contributed by atoms with van der Waals surface area (Å²) >= 11 is 0. The summed E-state index contributed by atoms with van der Waals surface area (Å²) in [6.07, 6.45) is 1.81. The molecule has 0 amide bonds. The molecule has 0 aliphatic heterocycles. The zero-order valence-electron chi connectivity index (χ0n) is 8.52. The Balaban J connectivity index is 3.90. The van der Waals surface area contributed by atoms with E-state index in [2.05, 4.69) is 34.6 Å².